The van der Waals surface area contributed by atoms with Crippen molar-refractivity contribution in [2.24, 2.45) is 0 Å². The van der Waals surface area contributed by atoms with Crippen LogP contribution in [0.15, 0.2) is 36.8 Å². The minimum Gasteiger partial charge on any atom is -0.465 e. The molecule has 10 nitrogen and oxygen atoms in total. The number of carbonyl (C=O) groups excluding carboxylic acids is 2. The van der Waals surface area contributed by atoms with Gasteiger partial charge in [-0.15, -0.1) is 0 Å². The van der Waals surface area contributed by atoms with Gasteiger partial charge in [-0.05, 0) is 36.2 Å². The second-order valence-electron chi connectivity index (χ2n) is 7.28. The van der Waals surface area contributed by atoms with Crippen LogP contribution in [0.2, 0.25) is 5.02 Å². The fraction of sp³-hybridized carbons (Fsp3) is 0.182. The molecule has 1 amide bonds. The Balaban J connectivity index is 1.47. The maximum Gasteiger partial charge on any atom is 0.339 e. The molecule has 34 heavy (non-hydrogen) atoms. The summed E-state index contributed by atoms with van der Waals surface area (Å²) in [4.78, 5) is 37.0. The topological polar surface area (TPSA) is 135 Å². The highest BCUT2D eigenvalue weighted by molar-refractivity contribution is 6.30. The van der Waals surface area contributed by atoms with Gasteiger partial charge in [-0.1, -0.05) is 17.7 Å². The molecule has 0 aliphatic rings. The second-order valence-corrected chi connectivity index (χ2v) is 7.69. The summed E-state index contributed by atoms with van der Waals surface area (Å²) in [6.07, 6.45) is 2.72. The van der Waals surface area contributed by atoms with Crippen LogP contribution >= 0.6 is 11.6 Å². The molecule has 0 aliphatic carbocycles. The van der Waals surface area contributed by atoms with Gasteiger partial charge in [0.15, 0.2) is 11.5 Å². The number of carbonyl (C=O) groups is 2. The molecule has 4 aromatic rings. The lowest BCUT2D eigenvalue weighted by atomic mass is 10.1. The van der Waals surface area contributed by atoms with E-state index in [0.29, 0.717) is 40.2 Å². The summed E-state index contributed by atoms with van der Waals surface area (Å²) >= 11 is 5.78. The van der Waals surface area contributed by atoms with Crippen molar-refractivity contribution in [2.75, 3.05) is 12.4 Å². The van der Waals surface area contributed by atoms with Gasteiger partial charge in [0.2, 0.25) is 0 Å². The predicted molar refractivity (Wildman–Crippen MR) is 122 cm³/mol. The third-order valence-corrected chi connectivity index (χ3v) is 5.30. The minimum absolute atomic E-state index is 0.0231. The summed E-state index contributed by atoms with van der Waals surface area (Å²) < 4.78 is 18.0. The molecule has 4 rings (SSSR count). The minimum atomic E-state index is -0.531. The first-order valence-electron chi connectivity index (χ1n) is 10.1. The van der Waals surface area contributed by atoms with Gasteiger partial charge in [-0.25, -0.2) is 19.2 Å². The van der Waals surface area contributed by atoms with Crippen molar-refractivity contribution in [1.82, 2.24) is 30.5 Å². The Bertz CT molecular complexity index is 1390. The van der Waals surface area contributed by atoms with Crippen molar-refractivity contribution >= 4 is 40.3 Å². The number of nitrogens with zero attached hydrogens (tertiary/aromatic N) is 4. The molecule has 174 valence electrons. The van der Waals surface area contributed by atoms with E-state index in [2.05, 4.69) is 35.8 Å². The summed E-state index contributed by atoms with van der Waals surface area (Å²) in [5.41, 5.74) is 3.31. The number of ether oxygens (including phenoxy) is 1. The summed E-state index contributed by atoms with van der Waals surface area (Å²) in [6.45, 7) is 2.23. The number of hydrogen-bond donors (Lipinski definition) is 3. The van der Waals surface area contributed by atoms with E-state index in [1.54, 1.807) is 13.0 Å². The number of pyridine rings is 1. The number of rotatable bonds is 7. The van der Waals surface area contributed by atoms with Crippen LogP contribution in [-0.4, -0.2) is 44.1 Å². The molecule has 0 atom stereocenters. The largest absolute Gasteiger partial charge is 0.465 e. The first-order chi connectivity index (χ1) is 16.4. The molecule has 3 heterocycles. The highest BCUT2D eigenvalue weighted by Gasteiger charge is 2.18. The van der Waals surface area contributed by atoms with Crippen molar-refractivity contribution < 1.29 is 18.7 Å². The van der Waals surface area contributed by atoms with Crippen molar-refractivity contribution in [3.8, 4) is 0 Å². The average molecular weight is 484 g/mol. The highest BCUT2D eigenvalue weighted by Crippen LogP contribution is 2.21. The van der Waals surface area contributed by atoms with Gasteiger partial charge >= 0.3 is 5.97 Å². The zero-order chi connectivity index (χ0) is 24.2. The second kappa shape index (κ2) is 9.79. The first kappa shape index (κ1) is 23.1. The molecule has 1 aromatic carbocycles. The number of amides is 1. The van der Waals surface area contributed by atoms with Gasteiger partial charge in [-0.2, -0.15) is 5.10 Å². The van der Waals surface area contributed by atoms with Crippen LogP contribution in [0.5, 0.6) is 0 Å². The SMILES string of the molecule is COC(=O)c1cnc(CNc2n[nH]c3c(C(=O)NCc4ccc(F)c(Cl)c4)ncnc23)cc1C. The quantitative estimate of drug-likeness (QED) is 0.341. The number of H-pyrrole nitrogens is 1. The predicted octanol–water partition coefficient (Wildman–Crippen LogP) is 3.18. The molecule has 0 aliphatic heterocycles. The van der Waals surface area contributed by atoms with E-state index in [1.807, 2.05) is 0 Å². The molecule has 0 saturated carbocycles. The number of halogens is 2. The van der Waals surface area contributed by atoms with E-state index in [1.165, 1.54) is 37.8 Å². The van der Waals surface area contributed by atoms with E-state index in [9.17, 15) is 14.0 Å². The van der Waals surface area contributed by atoms with E-state index >= 15 is 0 Å². The first-order valence-corrected chi connectivity index (χ1v) is 10.4. The Labute approximate surface area is 197 Å². The Kier molecular flexibility index (Phi) is 6.64. The molecule has 0 radical (unpaired) electrons. The molecule has 3 aromatic heterocycles. The van der Waals surface area contributed by atoms with Gasteiger partial charge in [0, 0.05) is 12.7 Å². The summed E-state index contributed by atoms with van der Waals surface area (Å²) in [7, 11) is 1.31. The Morgan fingerprint density at radius 3 is 2.74 bits per heavy atom. The van der Waals surface area contributed by atoms with E-state index in [-0.39, 0.29) is 17.3 Å². The molecule has 0 saturated heterocycles. The van der Waals surface area contributed by atoms with Gasteiger partial charge < -0.3 is 15.4 Å². The number of aryl methyl sites for hydroxylation is 1. The zero-order valence-electron chi connectivity index (χ0n) is 18.1. The molecular weight excluding hydrogens is 465 g/mol. The van der Waals surface area contributed by atoms with Gasteiger partial charge in [0.1, 0.15) is 23.2 Å². The number of fused-ring (bicyclic) bond motifs is 1. The number of nitrogens with one attached hydrogen (secondary N) is 3. The lowest BCUT2D eigenvalue weighted by molar-refractivity contribution is 0.0599. The standard InChI is InChI=1S/C22H19ClFN7O3/c1-11-5-13(25-9-14(11)22(33)34-2)8-26-20-18-17(30-31-20)19(29-10-28-18)21(32)27-7-12-3-4-16(24)15(23)6-12/h3-6,9-10H,7-8H2,1-2H3,(H,27,32)(H2,26,30,31). The number of methoxy groups -OCH3 is 1. The van der Waals surface area contributed by atoms with Gasteiger partial charge in [0.25, 0.3) is 5.91 Å². The maximum absolute atomic E-state index is 13.3. The molecule has 0 fully saturated rings. The monoisotopic (exact) mass is 483 g/mol. The number of aromatic nitrogens is 5. The van der Waals surface area contributed by atoms with Crippen LogP contribution in [0.1, 0.15) is 37.7 Å². The van der Waals surface area contributed by atoms with Crippen molar-refractivity contribution in [2.45, 2.75) is 20.0 Å². The fourth-order valence-electron chi connectivity index (χ4n) is 3.26. The van der Waals surface area contributed by atoms with Crippen LogP contribution in [0.3, 0.4) is 0 Å². The summed E-state index contributed by atoms with van der Waals surface area (Å²) in [6, 6.07) is 5.98. The van der Waals surface area contributed by atoms with E-state index < -0.39 is 17.7 Å². The van der Waals surface area contributed by atoms with Crippen LogP contribution in [0.25, 0.3) is 11.0 Å². The van der Waals surface area contributed by atoms with E-state index in [0.717, 1.165) is 5.56 Å². The van der Waals surface area contributed by atoms with E-state index in [4.69, 9.17) is 16.3 Å². The molecular formula is C22H19ClFN7O3. The summed E-state index contributed by atoms with van der Waals surface area (Å²) in [5.74, 6) is -1.03. The van der Waals surface area contributed by atoms with Crippen LogP contribution in [0, 0.1) is 12.7 Å². The Morgan fingerprint density at radius 1 is 1.18 bits per heavy atom. The lowest BCUT2D eigenvalue weighted by Crippen LogP contribution is -2.24. The number of hydrogen-bond acceptors (Lipinski definition) is 8. The third-order valence-electron chi connectivity index (χ3n) is 5.01. The van der Waals surface area contributed by atoms with Crippen molar-refractivity contribution in [3.63, 3.8) is 0 Å². The smallest absolute Gasteiger partial charge is 0.339 e. The normalized spacial score (nSPS) is 10.8. The van der Waals surface area contributed by atoms with Crippen LogP contribution in [-0.2, 0) is 17.8 Å². The lowest BCUT2D eigenvalue weighted by Gasteiger charge is -2.07. The Hall–Kier alpha value is -4.12. The fourth-order valence-corrected chi connectivity index (χ4v) is 3.46. The van der Waals surface area contributed by atoms with Gasteiger partial charge in [-0.3, -0.25) is 14.9 Å². The van der Waals surface area contributed by atoms with Crippen LogP contribution < -0.4 is 10.6 Å². The third kappa shape index (κ3) is 4.79. The van der Waals surface area contributed by atoms with Gasteiger partial charge in [0.05, 0.1) is 29.9 Å². The molecule has 3 N–H and O–H groups in total. The zero-order valence-corrected chi connectivity index (χ0v) is 18.9. The molecule has 0 bridgehead atoms. The number of benzene rings is 1. The van der Waals surface area contributed by atoms with Crippen molar-refractivity contribution in [1.29, 1.82) is 0 Å². The molecule has 0 spiro atoms. The Morgan fingerprint density at radius 2 is 2.00 bits per heavy atom. The number of anilines is 1. The number of esters is 1. The number of aromatic amines is 1. The van der Waals surface area contributed by atoms with Crippen molar-refractivity contribution in [3.05, 3.63) is 75.7 Å². The maximum atomic E-state index is 13.3. The summed E-state index contributed by atoms with van der Waals surface area (Å²) in [5, 5.41) is 12.8. The highest BCUT2D eigenvalue weighted by atomic mass is 35.5. The molecule has 0 unspecified atom stereocenters. The molecule has 12 heteroatoms. The van der Waals surface area contributed by atoms with Crippen LogP contribution in [0.4, 0.5) is 10.2 Å². The average Bonchev–Trinajstić information content (AvgIpc) is 3.26.